The van der Waals surface area contributed by atoms with Crippen LogP contribution in [0.3, 0.4) is 0 Å². The molecule has 24 heavy (non-hydrogen) atoms. The monoisotopic (exact) mass is 358 g/mol. The van der Waals surface area contributed by atoms with E-state index in [0.29, 0.717) is 13.1 Å². The smallest absolute Gasteiger partial charge is 0.311 e. The lowest BCUT2D eigenvalue weighted by Crippen LogP contribution is -2.49. The number of amides is 1. The number of piperazine rings is 1. The Morgan fingerprint density at radius 1 is 1.42 bits per heavy atom. The van der Waals surface area contributed by atoms with Crippen LogP contribution >= 0.6 is 12.4 Å². The second kappa shape index (κ2) is 9.41. The predicted molar refractivity (Wildman–Crippen MR) is 92.7 cm³/mol. The molecule has 1 fully saturated rings. The maximum atomic E-state index is 12.2. The molecule has 1 amide bonds. The molecule has 1 N–H and O–H groups in total. The number of hydrogen-bond acceptors (Lipinski definition) is 6. The van der Waals surface area contributed by atoms with Gasteiger partial charge in [0.05, 0.1) is 18.6 Å². The van der Waals surface area contributed by atoms with Crippen LogP contribution in [0.4, 0.5) is 5.69 Å². The van der Waals surface area contributed by atoms with Crippen LogP contribution in [0.15, 0.2) is 18.2 Å². The van der Waals surface area contributed by atoms with Gasteiger partial charge in [-0.25, -0.2) is 0 Å². The summed E-state index contributed by atoms with van der Waals surface area (Å²) in [6, 6.07) is 4.85. The molecule has 0 unspecified atom stereocenters. The van der Waals surface area contributed by atoms with E-state index >= 15 is 0 Å². The Labute approximate surface area is 147 Å². The summed E-state index contributed by atoms with van der Waals surface area (Å²) in [6.45, 7) is 3.84. The molecular weight excluding hydrogens is 336 g/mol. The Kier molecular flexibility index (Phi) is 7.90. The van der Waals surface area contributed by atoms with Crippen LogP contribution in [0.5, 0.6) is 5.75 Å². The molecule has 0 atom stereocenters. The average Bonchev–Trinajstić information content (AvgIpc) is 2.55. The van der Waals surface area contributed by atoms with Gasteiger partial charge in [-0.2, -0.15) is 0 Å². The van der Waals surface area contributed by atoms with Crippen molar-refractivity contribution in [2.45, 2.75) is 6.54 Å². The van der Waals surface area contributed by atoms with Gasteiger partial charge >= 0.3 is 5.69 Å². The highest BCUT2D eigenvalue weighted by Gasteiger charge is 2.19. The summed E-state index contributed by atoms with van der Waals surface area (Å²) in [6.07, 6.45) is 0. The fraction of sp³-hybridized carbons (Fsp3) is 0.533. The number of carbonyl (C=O) groups is 1. The number of methoxy groups -OCH3 is 1. The molecule has 9 heteroatoms. The van der Waals surface area contributed by atoms with Gasteiger partial charge in [-0.3, -0.25) is 19.8 Å². The number of halogens is 1. The zero-order valence-electron chi connectivity index (χ0n) is 13.9. The molecule has 1 aliphatic rings. The third kappa shape index (κ3) is 5.33. The highest BCUT2D eigenvalue weighted by molar-refractivity contribution is 5.85. The van der Waals surface area contributed by atoms with Gasteiger partial charge in [0.25, 0.3) is 0 Å². The van der Waals surface area contributed by atoms with Crippen molar-refractivity contribution in [3.63, 3.8) is 0 Å². The SMILES string of the molecule is COc1ccc(CN(C)CC(=O)N2CCNCC2)cc1[N+](=O)[O-].Cl. The average molecular weight is 359 g/mol. The molecule has 1 aromatic carbocycles. The summed E-state index contributed by atoms with van der Waals surface area (Å²) < 4.78 is 4.99. The van der Waals surface area contributed by atoms with Gasteiger partial charge in [0.2, 0.25) is 5.91 Å². The van der Waals surface area contributed by atoms with Crippen LogP contribution in [0.1, 0.15) is 5.56 Å². The van der Waals surface area contributed by atoms with Crippen molar-refractivity contribution < 1.29 is 14.5 Å². The first-order valence-corrected chi connectivity index (χ1v) is 7.49. The minimum absolute atomic E-state index is 0. The van der Waals surface area contributed by atoms with Crippen LogP contribution < -0.4 is 10.1 Å². The molecule has 1 aromatic rings. The molecule has 1 heterocycles. The molecule has 1 saturated heterocycles. The highest BCUT2D eigenvalue weighted by Crippen LogP contribution is 2.27. The number of nitro groups is 1. The van der Waals surface area contributed by atoms with Gasteiger partial charge in [0.15, 0.2) is 5.75 Å². The van der Waals surface area contributed by atoms with Crippen molar-refractivity contribution in [3.05, 3.63) is 33.9 Å². The van der Waals surface area contributed by atoms with Gasteiger partial charge < -0.3 is 15.0 Å². The number of hydrogen-bond donors (Lipinski definition) is 1. The number of rotatable bonds is 6. The topological polar surface area (TPSA) is 88.0 Å². The minimum atomic E-state index is -0.464. The number of likely N-dealkylation sites (N-methyl/N-ethyl adjacent to an activating group) is 1. The quantitative estimate of drug-likeness (QED) is 0.600. The molecular formula is C15H23ClN4O4. The first-order chi connectivity index (χ1) is 11.0. The van der Waals surface area contributed by atoms with Crippen LogP contribution in [0, 0.1) is 10.1 Å². The van der Waals surface area contributed by atoms with E-state index in [4.69, 9.17) is 4.74 Å². The van der Waals surface area contributed by atoms with E-state index in [1.165, 1.54) is 13.2 Å². The Morgan fingerprint density at radius 2 is 2.08 bits per heavy atom. The molecule has 0 bridgehead atoms. The third-order valence-electron chi connectivity index (χ3n) is 3.77. The summed E-state index contributed by atoms with van der Waals surface area (Å²) in [4.78, 5) is 26.5. The Bertz CT molecular complexity index is 579. The first-order valence-electron chi connectivity index (χ1n) is 7.49. The number of nitrogens with zero attached hydrogens (tertiary/aromatic N) is 3. The number of carbonyl (C=O) groups excluding carboxylic acids is 1. The molecule has 0 aromatic heterocycles. The molecule has 8 nitrogen and oxygen atoms in total. The second-order valence-electron chi connectivity index (χ2n) is 5.57. The van der Waals surface area contributed by atoms with E-state index in [0.717, 1.165) is 31.7 Å². The second-order valence-corrected chi connectivity index (χ2v) is 5.57. The van der Waals surface area contributed by atoms with Crippen molar-refractivity contribution >= 4 is 24.0 Å². The van der Waals surface area contributed by atoms with Gasteiger partial charge in [-0.15, -0.1) is 12.4 Å². The summed E-state index contributed by atoms with van der Waals surface area (Å²) in [5.41, 5.74) is 0.708. The number of nitro benzene ring substituents is 1. The van der Waals surface area contributed by atoms with Crippen molar-refractivity contribution in [2.24, 2.45) is 0 Å². The molecule has 0 aliphatic carbocycles. The summed E-state index contributed by atoms with van der Waals surface area (Å²) in [5.74, 6) is 0.315. The largest absolute Gasteiger partial charge is 0.490 e. The Hall–Kier alpha value is -1.90. The number of nitrogens with one attached hydrogen (secondary N) is 1. The van der Waals surface area contributed by atoms with Gasteiger partial charge in [-0.1, -0.05) is 6.07 Å². The first kappa shape index (κ1) is 20.1. The molecule has 134 valence electrons. The summed E-state index contributed by atoms with van der Waals surface area (Å²) in [5, 5.41) is 14.3. The maximum absolute atomic E-state index is 12.2. The zero-order chi connectivity index (χ0) is 16.8. The molecule has 0 radical (unpaired) electrons. The predicted octanol–water partition coefficient (Wildman–Crippen LogP) is 0.889. The highest BCUT2D eigenvalue weighted by atomic mass is 35.5. The van der Waals surface area contributed by atoms with Crippen LogP contribution in [-0.2, 0) is 11.3 Å². The lowest BCUT2D eigenvalue weighted by atomic mass is 10.1. The molecule has 0 saturated carbocycles. The van der Waals surface area contributed by atoms with Gasteiger partial charge in [0, 0.05) is 38.8 Å². The number of benzene rings is 1. The van der Waals surface area contributed by atoms with Crippen LogP contribution in [-0.4, -0.2) is 67.5 Å². The molecule has 2 rings (SSSR count). The lowest BCUT2D eigenvalue weighted by molar-refractivity contribution is -0.385. The lowest BCUT2D eigenvalue weighted by Gasteiger charge is -2.29. The minimum Gasteiger partial charge on any atom is -0.490 e. The third-order valence-corrected chi connectivity index (χ3v) is 3.77. The molecule has 0 spiro atoms. The van der Waals surface area contributed by atoms with Crippen molar-refractivity contribution in [1.82, 2.24) is 15.1 Å². The Balaban J connectivity index is 0.00000288. The van der Waals surface area contributed by atoms with Crippen LogP contribution in [0.25, 0.3) is 0 Å². The standard InChI is InChI=1S/C15H22N4O4.ClH/c1-17(11-15(20)18-7-5-16-6-8-18)10-12-3-4-14(23-2)13(9-12)19(21)22;/h3-4,9,16H,5-8,10-11H2,1-2H3;1H. The fourth-order valence-electron chi connectivity index (χ4n) is 2.59. The zero-order valence-corrected chi connectivity index (χ0v) is 14.7. The van der Waals surface area contributed by atoms with E-state index in [1.54, 1.807) is 12.1 Å². The fourth-order valence-corrected chi connectivity index (χ4v) is 2.59. The van der Waals surface area contributed by atoms with Gasteiger partial charge in [-0.05, 0) is 18.7 Å². The van der Waals surface area contributed by atoms with Gasteiger partial charge in [0.1, 0.15) is 0 Å². The van der Waals surface area contributed by atoms with E-state index in [-0.39, 0.29) is 29.8 Å². The summed E-state index contributed by atoms with van der Waals surface area (Å²) in [7, 11) is 3.23. The Morgan fingerprint density at radius 3 is 2.67 bits per heavy atom. The van der Waals surface area contributed by atoms with E-state index in [1.807, 2.05) is 16.8 Å². The molecule has 1 aliphatic heterocycles. The van der Waals surface area contributed by atoms with Crippen molar-refractivity contribution in [1.29, 1.82) is 0 Å². The summed E-state index contributed by atoms with van der Waals surface area (Å²) >= 11 is 0. The van der Waals surface area contributed by atoms with E-state index < -0.39 is 4.92 Å². The number of ether oxygens (including phenoxy) is 1. The van der Waals surface area contributed by atoms with E-state index in [2.05, 4.69) is 5.32 Å². The maximum Gasteiger partial charge on any atom is 0.311 e. The van der Waals surface area contributed by atoms with Crippen molar-refractivity contribution in [3.8, 4) is 5.75 Å². The normalized spacial score (nSPS) is 14.2. The van der Waals surface area contributed by atoms with Crippen molar-refractivity contribution in [2.75, 3.05) is 46.9 Å². The van der Waals surface area contributed by atoms with E-state index in [9.17, 15) is 14.9 Å². The van der Waals surface area contributed by atoms with Crippen LogP contribution in [0.2, 0.25) is 0 Å².